The van der Waals surface area contributed by atoms with Crippen molar-refractivity contribution in [3.63, 3.8) is 0 Å². The quantitative estimate of drug-likeness (QED) is 0.572. The number of para-hydroxylation sites is 1. The summed E-state index contributed by atoms with van der Waals surface area (Å²) in [4.78, 5) is 12.7. The molecule has 0 bridgehead atoms. The number of amides is 1. The number of aromatic nitrogens is 2. The minimum absolute atomic E-state index is 0.00380. The third kappa shape index (κ3) is 4.72. The molecule has 0 aliphatic rings. The molecular weight excluding hydrogens is 416 g/mol. The lowest BCUT2D eigenvalue weighted by Crippen LogP contribution is -2.20. The second kappa shape index (κ2) is 8.81. The van der Waals surface area contributed by atoms with Crippen LogP contribution in [0.2, 0.25) is 0 Å². The molecule has 0 aliphatic carbocycles. The maximum absolute atomic E-state index is 13.2. The molecule has 1 amide bonds. The van der Waals surface area contributed by atoms with Crippen LogP contribution >= 0.6 is 0 Å². The van der Waals surface area contributed by atoms with Gasteiger partial charge in [-0.05, 0) is 63.1 Å². The van der Waals surface area contributed by atoms with Crippen LogP contribution in [0.5, 0.6) is 5.75 Å². The van der Waals surface area contributed by atoms with E-state index in [1.807, 2.05) is 45.9 Å². The molecule has 0 aliphatic heterocycles. The van der Waals surface area contributed by atoms with Gasteiger partial charge in [-0.3, -0.25) is 14.2 Å². The number of anilines is 2. The molecule has 9 heteroatoms. The molecule has 0 radical (unpaired) electrons. The molecule has 31 heavy (non-hydrogen) atoms. The van der Waals surface area contributed by atoms with Gasteiger partial charge in [0.1, 0.15) is 16.3 Å². The first-order chi connectivity index (χ1) is 14.6. The normalized spacial score (nSPS) is 11.4. The first-order valence-electron chi connectivity index (χ1n) is 9.76. The van der Waals surface area contributed by atoms with E-state index in [1.165, 1.54) is 19.2 Å². The lowest BCUT2D eigenvalue weighted by atomic mass is 10.1. The van der Waals surface area contributed by atoms with E-state index in [-0.39, 0.29) is 22.6 Å². The molecule has 1 heterocycles. The van der Waals surface area contributed by atoms with Crippen molar-refractivity contribution in [1.82, 2.24) is 9.78 Å². The Morgan fingerprint density at radius 2 is 1.77 bits per heavy atom. The van der Waals surface area contributed by atoms with Crippen molar-refractivity contribution in [3.8, 4) is 5.75 Å². The van der Waals surface area contributed by atoms with Gasteiger partial charge in [0, 0.05) is 17.9 Å². The van der Waals surface area contributed by atoms with Crippen molar-refractivity contribution in [2.45, 2.75) is 38.6 Å². The predicted molar refractivity (Wildman–Crippen MR) is 120 cm³/mol. The Morgan fingerprint density at radius 3 is 2.39 bits per heavy atom. The first kappa shape index (κ1) is 22.4. The van der Waals surface area contributed by atoms with E-state index in [0.717, 1.165) is 11.1 Å². The largest absolute Gasteiger partial charge is 0.495 e. The van der Waals surface area contributed by atoms with Gasteiger partial charge in [-0.2, -0.15) is 5.10 Å². The molecule has 0 atom stereocenters. The molecule has 8 nitrogen and oxygen atoms in total. The molecule has 164 valence electrons. The average molecular weight is 443 g/mol. The van der Waals surface area contributed by atoms with Crippen molar-refractivity contribution in [1.29, 1.82) is 0 Å². The summed E-state index contributed by atoms with van der Waals surface area (Å²) < 4.78 is 35.9. The number of methoxy groups -OCH3 is 1. The highest BCUT2D eigenvalue weighted by Gasteiger charge is 2.23. The van der Waals surface area contributed by atoms with Gasteiger partial charge in [-0.1, -0.05) is 18.2 Å². The lowest BCUT2D eigenvalue weighted by molar-refractivity contribution is 0.101. The number of rotatable bonds is 7. The topological polar surface area (TPSA) is 102 Å². The maximum Gasteiger partial charge on any atom is 0.273 e. The van der Waals surface area contributed by atoms with Crippen LogP contribution in [0, 0.1) is 13.8 Å². The van der Waals surface area contributed by atoms with Crippen LogP contribution < -0.4 is 14.8 Å². The number of ether oxygens (including phenoxy) is 1. The van der Waals surface area contributed by atoms with Crippen LogP contribution in [0.15, 0.2) is 53.6 Å². The molecule has 3 rings (SSSR count). The van der Waals surface area contributed by atoms with E-state index < -0.39 is 10.0 Å². The van der Waals surface area contributed by atoms with Crippen LogP contribution in [0.25, 0.3) is 0 Å². The number of nitrogens with zero attached hydrogens (tertiary/aromatic N) is 2. The number of carbonyl (C=O) groups excluding carboxylic acids is 1. The predicted octanol–water partition coefficient (Wildman–Crippen LogP) is 4.14. The summed E-state index contributed by atoms with van der Waals surface area (Å²) >= 11 is 0. The standard InChI is InChI=1S/C22H26N4O4S/c1-14(2)26-18(11-12-23-26)22(27)24-17-9-10-19(30-5)20(13-17)31(28,29)25-21-15(3)7-6-8-16(21)4/h6-14,25H,1-5H3,(H,24,27). The minimum Gasteiger partial charge on any atom is -0.495 e. The van der Waals surface area contributed by atoms with Crippen LogP contribution in [0.1, 0.15) is 41.5 Å². The highest BCUT2D eigenvalue weighted by Crippen LogP contribution is 2.31. The Labute approximate surface area is 182 Å². The van der Waals surface area contributed by atoms with E-state index in [2.05, 4.69) is 15.1 Å². The third-order valence-electron chi connectivity index (χ3n) is 4.82. The van der Waals surface area contributed by atoms with Crippen molar-refractivity contribution < 1.29 is 17.9 Å². The molecule has 0 spiro atoms. The molecule has 0 fully saturated rings. The first-order valence-corrected chi connectivity index (χ1v) is 11.2. The second-order valence-electron chi connectivity index (χ2n) is 7.45. The van der Waals surface area contributed by atoms with E-state index >= 15 is 0 Å². The van der Waals surface area contributed by atoms with Crippen molar-refractivity contribution in [3.05, 3.63) is 65.5 Å². The molecule has 2 aromatic carbocycles. The molecule has 2 N–H and O–H groups in total. The number of nitrogens with one attached hydrogen (secondary N) is 2. The number of aryl methyl sites for hydroxylation is 2. The van der Waals surface area contributed by atoms with Gasteiger partial charge < -0.3 is 10.1 Å². The molecular formula is C22H26N4O4S. The Bertz CT molecular complexity index is 1200. The van der Waals surface area contributed by atoms with Gasteiger partial charge in [-0.15, -0.1) is 0 Å². The zero-order chi connectivity index (χ0) is 22.8. The van der Waals surface area contributed by atoms with Crippen LogP contribution in [-0.4, -0.2) is 31.2 Å². The van der Waals surface area contributed by atoms with Gasteiger partial charge in [-0.25, -0.2) is 8.42 Å². The molecule has 0 unspecified atom stereocenters. The molecule has 0 saturated heterocycles. The van der Waals surface area contributed by atoms with Gasteiger partial charge >= 0.3 is 0 Å². The fourth-order valence-electron chi connectivity index (χ4n) is 3.23. The van der Waals surface area contributed by atoms with E-state index in [9.17, 15) is 13.2 Å². The Hall–Kier alpha value is -3.33. The zero-order valence-electron chi connectivity index (χ0n) is 18.1. The van der Waals surface area contributed by atoms with Crippen LogP contribution in [-0.2, 0) is 10.0 Å². The summed E-state index contributed by atoms with van der Waals surface area (Å²) in [5, 5.41) is 6.90. The number of hydrogen-bond acceptors (Lipinski definition) is 5. The zero-order valence-corrected chi connectivity index (χ0v) is 18.9. The minimum atomic E-state index is -3.98. The SMILES string of the molecule is COc1ccc(NC(=O)c2ccnn2C(C)C)cc1S(=O)(=O)Nc1c(C)cccc1C. The van der Waals surface area contributed by atoms with Crippen LogP contribution in [0.3, 0.4) is 0 Å². The maximum atomic E-state index is 13.2. The van der Waals surface area contributed by atoms with E-state index in [1.54, 1.807) is 23.0 Å². The lowest BCUT2D eigenvalue weighted by Gasteiger charge is -2.16. The summed E-state index contributed by atoms with van der Waals surface area (Å²) in [5.41, 5.74) is 2.82. The van der Waals surface area contributed by atoms with Gasteiger partial charge in [0.05, 0.1) is 12.8 Å². The highest BCUT2D eigenvalue weighted by atomic mass is 32.2. The van der Waals surface area contributed by atoms with Gasteiger partial charge in [0.15, 0.2) is 0 Å². The Kier molecular flexibility index (Phi) is 6.35. The summed E-state index contributed by atoms with van der Waals surface area (Å²) in [6.07, 6.45) is 1.55. The van der Waals surface area contributed by atoms with E-state index in [4.69, 9.17) is 4.74 Å². The van der Waals surface area contributed by atoms with Crippen molar-refractivity contribution in [2.75, 3.05) is 17.1 Å². The Balaban J connectivity index is 1.95. The van der Waals surface area contributed by atoms with Crippen LogP contribution in [0.4, 0.5) is 11.4 Å². The summed E-state index contributed by atoms with van der Waals surface area (Å²) in [6, 6.07) is 11.6. The van der Waals surface area contributed by atoms with Crippen molar-refractivity contribution in [2.24, 2.45) is 0 Å². The summed E-state index contributed by atoms with van der Waals surface area (Å²) in [7, 11) is -2.58. The third-order valence-corrected chi connectivity index (χ3v) is 6.19. The van der Waals surface area contributed by atoms with Gasteiger partial charge in [0.25, 0.3) is 15.9 Å². The second-order valence-corrected chi connectivity index (χ2v) is 9.10. The fraction of sp³-hybridized carbons (Fsp3) is 0.273. The number of hydrogen-bond donors (Lipinski definition) is 2. The molecule has 3 aromatic rings. The number of sulfonamides is 1. The van der Waals surface area contributed by atoms with Gasteiger partial charge in [0.2, 0.25) is 0 Å². The highest BCUT2D eigenvalue weighted by molar-refractivity contribution is 7.92. The number of benzene rings is 2. The summed E-state index contributed by atoms with van der Waals surface area (Å²) in [5.74, 6) is -0.216. The fourth-order valence-corrected chi connectivity index (χ4v) is 4.63. The Morgan fingerprint density at radius 1 is 1.10 bits per heavy atom. The van der Waals surface area contributed by atoms with Crippen molar-refractivity contribution >= 4 is 27.3 Å². The monoisotopic (exact) mass is 442 g/mol. The smallest absolute Gasteiger partial charge is 0.273 e. The summed E-state index contributed by atoms with van der Waals surface area (Å²) in [6.45, 7) is 7.50. The molecule has 0 saturated carbocycles. The van der Waals surface area contributed by atoms with E-state index in [0.29, 0.717) is 17.1 Å². The molecule has 1 aromatic heterocycles. The average Bonchev–Trinajstić information content (AvgIpc) is 3.21. The number of carbonyl (C=O) groups is 1.